The molecule has 18 heavy (non-hydrogen) atoms. The second-order valence-electron chi connectivity index (χ2n) is 4.43. The molecule has 0 aromatic heterocycles. The van der Waals surface area contributed by atoms with E-state index in [2.05, 4.69) is 20.6 Å². The summed E-state index contributed by atoms with van der Waals surface area (Å²) in [5.41, 5.74) is 6.23. The molecule has 0 bridgehead atoms. The lowest BCUT2D eigenvalue weighted by Gasteiger charge is -2.34. The van der Waals surface area contributed by atoms with Crippen LogP contribution >= 0.6 is 11.8 Å². The zero-order valence-electron chi connectivity index (χ0n) is 11.5. The number of methoxy groups -OCH3 is 1. The highest BCUT2D eigenvalue weighted by atomic mass is 32.2. The van der Waals surface area contributed by atoms with Crippen molar-refractivity contribution in [3.05, 3.63) is 0 Å². The molecule has 0 saturated carbocycles. The molecule has 0 aromatic carbocycles. The number of nitrogens with two attached hydrogens (primary N) is 1. The highest BCUT2D eigenvalue weighted by Gasteiger charge is 2.32. The Labute approximate surface area is 113 Å². The molecule has 0 spiro atoms. The predicted octanol–water partition coefficient (Wildman–Crippen LogP) is 0.559. The molecular formula is C11H23N5OS. The van der Waals surface area contributed by atoms with Gasteiger partial charge in [0.2, 0.25) is 5.96 Å². The fourth-order valence-electron chi connectivity index (χ4n) is 1.39. The van der Waals surface area contributed by atoms with Gasteiger partial charge in [-0.3, -0.25) is 5.73 Å². The molecule has 0 aliphatic carbocycles. The predicted molar refractivity (Wildman–Crippen MR) is 77.8 cm³/mol. The van der Waals surface area contributed by atoms with Gasteiger partial charge in [-0.25, -0.2) is 4.99 Å². The van der Waals surface area contributed by atoms with Crippen molar-refractivity contribution in [1.29, 1.82) is 0 Å². The Hall–Kier alpha value is -0.790. The first-order chi connectivity index (χ1) is 8.51. The Morgan fingerprint density at radius 1 is 1.56 bits per heavy atom. The van der Waals surface area contributed by atoms with Crippen LogP contribution in [0.1, 0.15) is 20.3 Å². The van der Waals surface area contributed by atoms with Crippen molar-refractivity contribution in [2.24, 2.45) is 21.6 Å². The highest BCUT2D eigenvalue weighted by Crippen LogP contribution is 2.17. The average Bonchev–Trinajstić information content (AvgIpc) is 2.34. The number of hydrogen-bond acceptors (Lipinski definition) is 7. The summed E-state index contributed by atoms with van der Waals surface area (Å²) in [5.74, 6) is -0.0275. The molecule has 1 atom stereocenters. The standard InChI is InChI=1S/C11H23N5OS/c1-8(2)11(12)15-9(13-6-5-7-17-3)14-10(16-11)18-4/h8H,5-7,12H2,1-4H3,(H2,13,14,15,16). The topological polar surface area (TPSA) is 84.0 Å². The molecule has 0 amide bonds. The molecule has 1 aliphatic rings. The Morgan fingerprint density at radius 2 is 2.28 bits per heavy atom. The van der Waals surface area contributed by atoms with Crippen LogP contribution in [0, 0.1) is 5.92 Å². The molecule has 1 rings (SSSR count). The number of nitrogens with zero attached hydrogens (tertiary/aromatic N) is 2. The third-order valence-corrected chi connectivity index (χ3v) is 3.27. The van der Waals surface area contributed by atoms with Crippen LogP contribution in [0.4, 0.5) is 0 Å². The van der Waals surface area contributed by atoms with E-state index in [0.717, 1.165) is 24.7 Å². The van der Waals surface area contributed by atoms with Crippen molar-refractivity contribution in [3.8, 4) is 0 Å². The van der Waals surface area contributed by atoms with E-state index in [0.29, 0.717) is 5.96 Å². The lowest BCUT2D eigenvalue weighted by molar-refractivity contribution is 0.195. The summed E-state index contributed by atoms with van der Waals surface area (Å²) in [7, 11) is 1.69. The van der Waals surface area contributed by atoms with Crippen LogP contribution in [0.2, 0.25) is 0 Å². The van der Waals surface area contributed by atoms with Crippen LogP contribution in [-0.2, 0) is 4.74 Å². The summed E-state index contributed by atoms with van der Waals surface area (Å²) < 4.78 is 5.00. The fraction of sp³-hybridized carbons (Fsp3) is 0.818. The quantitative estimate of drug-likeness (QED) is 0.637. The van der Waals surface area contributed by atoms with Crippen molar-refractivity contribution in [1.82, 2.24) is 10.6 Å². The number of ether oxygens (including phenoxy) is 1. The van der Waals surface area contributed by atoms with Crippen LogP contribution in [0.25, 0.3) is 0 Å². The van der Waals surface area contributed by atoms with E-state index >= 15 is 0 Å². The van der Waals surface area contributed by atoms with E-state index in [9.17, 15) is 0 Å². The van der Waals surface area contributed by atoms with Gasteiger partial charge in [0, 0.05) is 26.2 Å². The Bertz CT molecular complexity index is 331. The van der Waals surface area contributed by atoms with Gasteiger partial charge in [0.25, 0.3) is 0 Å². The van der Waals surface area contributed by atoms with Gasteiger partial charge in [0.1, 0.15) is 0 Å². The van der Waals surface area contributed by atoms with Gasteiger partial charge in [-0.05, 0) is 12.7 Å². The van der Waals surface area contributed by atoms with Crippen LogP contribution in [0.15, 0.2) is 9.98 Å². The van der Waals surface area contributed by atoms with Gasteiger partial charge >= 0.3 is 0 Å². The third-order valence-electron chi connectivity index (χ3n) is 2.69. The molecule has 0 fully saturated rings. The van der Waals surface area contributed by atoms with E-state index in [4.69, 9.17) is 10.5 Å². The van der Waals surface area contributed by atoms with E-state index in [-0.39, 0.29) is 5.92 Å². The minimum Gasteiger partial charge on any atom is -0.385 e. The third kappa shape index (κ3) is 4.15. The molecule has 1 unspecified atom stereocenters. The zero-order chi connectivity index (χ0) is 13.6. The second-order valence-corrected chi connectivity index (χ2v) is 5.23. The molecule has 6 nitrogen and oxygen atoms in total. The Kier molecular flexibility index (Phi) is 5.90. The zero-order valence-corrected chi connectivity index (χ0v) is 12.3. The summed E-state index contributed by atoms with van der Waals surface area (Å²) >= 11 is 1.53. The van der Waals surface area contributed by atoms with E-state index < -0.39 is 5.79 Å². The number of nitrogens with one attached hydrogen (secondary N) is 2. The van der Waals surface area contributed by atoms with E-state index in [1.807, 2.05) is 20.1 Å². The van der Waals surface area contributed by atoms with E-state index in [1.165, 1.54) is 11.8 Å². The lowest BCUT2D eigenvalue weighted by Crippen LogP contribution is -2.60. The first kappa shape index (κ1) is 15.3. The summed E-state index contributed by atoms with van der Waals surface area (Å²) in [4.78, 5) is 8.80. The van der Waals surface area contributed by atoms with Crippen molar-refractivity contribution >= 4 is 22.9 Å². The molecule has 0 aromatic rings. The van der Waals surface area contributed by atoms with Crippen molar-refractivity contribution in [2.45, 2.75) is 26.1 Å². The van der Waals surface area contributed by atoms with Crippen molar-refractivity contribution < 1.29 is 4.74 Å². The molecule has 0 radical (unpaired) electrons. The fourth-order valence-corrected chi connectivity index (χ4v) is 1.83. The smallest absolute Gasteiger partial charge is 0.223 e. The number of rotatable bonds is 5. The second kappa shape index (κ2) is 6.96. The number of guanidine groups is 1. The molecular weight excluding hydrogens is 250 g/mol. The minimum atomic E-state index is -0.788. The largest absolute Gasteiger partial charge is 0.385 e. The number of thioether (sulfide) groups is 1. The summed E-state index contributed by atoms with van der Waals surface area (Å²) in [6, 6.07) is 0. The van der Waals surface area contributed by atoms with Crippen LogP contribution in [0.5, 0.6) is 0 Å². The van der Waals surface area contributed by atoms with Crippen LogP contribution < -0.4 is 16.4 Å². The lowest BCUT2D eigenvalue weighted by atomic mass is 10.1. The molecule has 1 aliphatic heterocycles. The van der Waals surface area contributed by atoms with E-state index in [1.54, 1.807) is 7.11 Å². The maximum Gasteiger partial charge on any atom is 0.223 e. The van der Waals surface area contributed by atoms with Gasteiger partial charge < -0.3 is 15.4 Å². The summed E-state index contributed by atoms with van der Waals surface area (Å²) in [6.07, 6.45) is 2.87. The summed E-state index contributed by atoms with van der Waals surface area (Å²) in [5, 5.41) is 7.12. The van der Waals surface area contributed by atoms with Gasteiger partial charge in [0.15, 0.2) is 11.0 Å². The minimum absolute atomic E-state index is 0.172. The number of hydrogen-bond donors (Lipinski definition) is 3. The van der Waals surface area contributed by atoms with Crippen LogP contribution in [-0.4, -0.2) is 43.4 Å². The monoisotopic (exact) mass is 273 g/mol. The van der Waals surface area contributed by atoms with Gasteiger partial charge in [-0.1, -0.05) is 25.6 Å². The Morgan fingerprint density at radius 3 is 2.83 bits per heavy atom. The Balaban J connectivity index is 2.67. The molecule has 4 N–H and O–H groups in total. The first-order valence-corrected chi connectivity index (χ1v) is 7.26. The van der Waals surface area contributed by atoms with Crippen molar-refractivity contribution in [2.75, 3.05) is 26.5 Å². The van der Waals surface area contributed by atoms with Crippen molar-refractivity contribution in [3.63, 3.8) is 0 Å². The normalized spacial score (nSPS) is 23.4. The molecule has 0 saturated heterocycles. The maximum absolute atomic E-state index is 6.23. The average molecular weight is 273 g/mol. The summed E-state index contributed by atoms with van der Waals surface area (Å²) in [6.45, 7) is 5.55. The molecule has 104 valence electrons. The number of amidine groups is 1. The van der Waals surface area contributed by atoms with Gasteiger partial charge in [0.05, 0.1) is 0 Å². The maximum atomic E-state index is 6.23. The highest BCUT2D eigenvalue weighted by molar-refractivity contribution is 8.13. The first-order valence-electron chi connectivity index (χ1n) is 6.04. The van der Waals surface area contributed by atoms with Crippen LogP contribution in [0.3, 0.4) is 0 Å². The van der Waals surface area contributed by atoms with Gasteiger partial charge in [-0.15, -0.1) is 0 Å². The molecule has 7 heteroatoms. The SMILES string of the molecule is COCCCNC1=NC(N)(C(C)C)NC(SC)=N1. The number of aliphatic imine (C=N–C) groups is 2. The molecule has 1 heterocycles. The van der Waals surface area contributed by atoms with Gasteiger partial charge in [-0.2, -0.15) is 4.99 Å².